The lowest BCUT2D eigenvalue weighted by Gasteiger charge is -2.20. The largest absolute Gasteiger partial charge is 0.444 e. The number of nitrogens with one attached hydrogen (secondary N) is 1. The second kappa shape index (κ2) is 6.47. The molecule has 0 saturated heterocycles. The van der Waals surface area contributed by atoms with E-state index in [1.165, 1.54) is 0 Å². The first-order valence-corrected chi connectivity index (χ1v) is 8.05. The van der Waals surface area contributed by atoms with Crippen LogP contribution in [-0.4, -0.2) is 23.8 Å². The summed E-state index contributed by atoms with van der Waals surface area (Å²) in [6, 6.07) is 7.11. The van der Waals surface area contributed by atoms with E-state index in [0.717, 1.165) is 24.3 Å². The first-order valence-electron chi connectivity index (χ1n) is 8.05. The van der Waals surface area contributed by atoms with Crippen molar-refractivity contribution in [1.29, 1.82) is 0 Å². The van der Waals surface area contributed by atoms with Gasteiger partial charge in [-0.2, -0.15) is 0 Å². The first kappa shape index (κ1) is 16.2. The number of oxazole rings is 1. The van der Waals surface area contributed by atoms with Crippen molar-refractivity contribution < 1.29 is 14.0 Å². The Kier molecular flexibility index (Phi) is 4.38. The van der Waals surface area contributed by atoms with Crippen molar-refractivity contribution in [3.8, 4) is 0 Å². The maximum Gasteiger partial charge on any atom is 0.253 e. The van der Waals surface area contributed by atoms with E-state index in [1.54, 1.807) is 30.1 Å². The molecule has 1 fully saturated rings. The molecule has 6 heteroatoms. The van der Waals surface area contributed by atoms with E-state index in [4.69, 9.17) is 4.42 Å². The molecule has 24 heavy (non-hydrogen) atoms. The second-order valence-electron chi connectivity index (χ2n) is 6.12. The Morgan fingerprint density at radius 2 is 2.00 bits per heavy atom. The Morgan fingerprint density at radius 3 is 2.62 bits per heavy atom. The van der Waals surface area contributed by atoms with Crippen molar-refractivity contribution in [2.24, 2.45) is 5.92 Å². The fraction of sp³-hybridized carbons (Fsp3) is 0.389. The Bertz CT molecular complexity index is 758. The van der Waals surface area contributed by atoms with Crippen molar-refractivity contribution in [2.75, 3.05) is 11.9 Å². The monoisotopic (exact) mass is 327 g/mol. The fourth-order valence-corrected chi connectivity index (χ4v) is 2.55. The van der Waals surface area contributed by atoms with Crippen LogP contribution in [0.5, 0.6) is 0 Å². The highest BCUT2D eigenvalue weighted by Gasteiger charge is 2.33. The van der Waals surface area contributed by atoms with Crippen molar-refractivity contribution in [2.45, 2.75) is 33.2 Å². The van der Waals surface area contributed by atoms with Crippen LogP contribution in [0.1, 0.15) is 40.5 Å². The summed E-state index contributed by atoms with van der Waals surface area (Å²) in [6.45, 7) is 3.90. The summed E-state index contributed by atoms with van der Waals surface area (Å²) in [4.78, 5) is 30.6. The molecule has 126 valence electrons. The molecule has 1 heterocycles. The van der Waals surface area contributed by atoms with Crippen LogP contribution in [0.4, 0.5) is 5.69 Å². The molecule has 0 bridgehead atoms. The van der Waals surface area contributed by atoms with Crippen molar-refractivity contribution >= 4 is 17.5 Å². The number of aryl methyl sites for hydroxylation is 2. The maximum atomic E-state index is 12.5. The molecule has 0 atom stereocenters. The number of amides is 2. The van der Waals surface area contributed by atoms with E-state index >= 15 is 0 Å². The summed E-state index contributed by atoms with van der Waals surface area (Å²) in [5.41, 5.74) is 1.90. The Balaban J connectivity index is 1.73. The number of rotatable bonds is 5. The van der Waals surface area contributed by atoms with Gasteiger partial charge >= 0.3 is 0 Å². The van der Waals surface area contributed by atoms with Gasteiger partial charge in [-0.3, -0.25) is 9.59 Å². The van der Waals surface area contributed by atoms with Crippen LogP contribution in [0, 0.1) is 19.8 Å². The summed E-state index contributed by atoms with van der Waals surface area (Å²) < 4.78 is 5.47. The van der Waals surface area contributed by atoms with E-state index in [0.29, 0.717) is 17.1 Å². The average Bonchev–Trinajstić information content (AvgIpc) is 3.38. The molecule has 1 saturated carbocycles. The number of para-hydroxylation sites is 1. The highest BCUT2D eigenvalue weighted by molar-refractivity contribution is 6.05. The minimum absolute atomic E-state index is 0.0641. The normalized spacial score (nSPS) is 13.6. The Labute approximate surface area is 140 Å². The van der Waals surface area contributed by atoms with Crippen LogP contribution >= 0.6 is 0 Å². The van der Waals surface area contributed by atoms with E-state index < -0.39 is 0 Å². The SMILES string of the molecule is Cc1nc(CNC(=O)c2ccccc2N(C)C(=O)C2CC2)oc1C. The third-order valence-electron chi connectivity index (χ3n) is 4.24. The van der Waals surface area contributed by atoms with Crippen LogP contribution < -0.4 is 10.2 Å². The molecule has 2 aromatic rings. The van der Waals surface area contributed by atoms with Crippen molar-refractivity contribution in [3.05, 3.63) is 47.2 Å². The van der Waals surface area contributed by atoms with Gasteiger partial charge in [-0.25, -0.2) is 4.98 Å². The lowest BCUT2D eigenvalue weighted by atomic mass is 10.1. The van der Waals surface area contributed by atoms with Crippen LogP contribution in [0.15, 0.2) is 28.7 Å². The number of hydrogen-bond donors (Lipinski definition) is 1. The number of anilines is 1. The van der Waals surface area contributed by atoms with Gasteiger partial charge in [0.2, 0.25) is 11.8 Å². The number of benzene rings is 1. The van der Waals surface area contributed by atoms with Gasteiger partial charge < -0.3 is 14.6 Å². The number of aromatic nitrogens is 1. The minimum Gasteiger partial charge on any atom is -0.444 e. The standard InChI is InChI=1S/C18H21N3O3/c1-11-12(2)24-16(20-11)10-19-17(22)14-6-4-5-7-15(14)21(3)18(23)13-8-9-13/h4-7,13H,8-10H2,1-3H3,(H,19,22). The minimum atomic E-state index is -0.255. The van der Waals surface area contributed by atoms with E-state index in [-0.39, 0.29) is 24.3 Å². The molecule has 1 aliphatic carbocycles. The smallest absolute Gasteiger partial charge is 0.253 e. The summed E-state index contributed by atoms with van der Waals surface area (Å²) in [5.74, 6) is 1.13. The zero-order valence-electron chi connectivity index (χ0n) is 14.1. The molecule has 1 aliphatic rings. The summed E-state index contributed by atoms with van der Waals surface area (Å²) >= 11 is 0. The molecule has 3 rings (SSSR count). The third-order valence-corrected chi connectivity index (χ3v) is 4.24. The van der Waals surface area contributed by atoms with E-state index in [1.807, 2.05) is 19.9 Å². The van der Waals surface area contributed by atoms with Crippen molar-refractivity contribution in [1.82, 2.24) is 10.3 Å². The quantitative estimate of drug-likeness (QED) is 0.916. The van der Waals surface area contributed by atoms with Crippen LogP contribution in [-0.2, 0) is 11.3 Å². The van der Waals surface area contributed by atoms with E-state index in [2.05, 4.69) is 10.3 Å². The van der Waals surface area contributed by atoms with Gasteiger partial charge in [-0.15, -0.1) is 0 Å². The average molecular weight is 327 g/mol. The topological polar surface area (TPSA) is 75.4 Å². The van der Waals surface area contributed by atoms with Crippen LogP contribution in [0.3, 0.4) is 0 Å². The molecule has 1 N–H and O–H groups in total. The number of hydrogen-bond acceptors (Lipinski definition) is 4. The number of carbonyl (C=O) groups excluding carboxylic acids is 2. The molecule has 1 aromatic carbocycles. The molecule has 0 unspecified atom stereocenters. The van der Waals surface area contributed by atoms with Gasteiger partial charge in [0.05, 0.1) is 23.5 Å². The molecule has 2 amide bonds. The van der Waals surface area contributed by atoms with Gasteiger partial charge in [-0.05, 0) is 38.8 Å². The summed E-state index contributed by atoms with van der Waals surface area (Å²) in [5, 5.41) is 2.80. The molecule has 6 nitrogen and oxygen atoms in total. The molecular weight excluding hydrogens is 306 g/mol. The second-order valence-corrected chi connectivity index (χ2v) is 6.12. The summed E-state index contributed by atoms with van der Waals surface area (Å²) in [7, 11) is 1.72. The van der Waals surface area contributed by atoms with Gasteiger partial charge in [0.1, 0.15) is 5.76 Å². The molecule has 0 radical (unpaired) electrons. The predicted molar refractivity (Wildman–Crippen MR) is 89.7 cm³/mol. The fourth-order valence-electron chi connectivity index (χ4n) is 2.55. The number of nitrogens with zero attached hydrogens (tertiary/aromatic N) is 2. The Hall–Kier alpha value is -2.63. The zero-order chi connectivity index (χ0) is 17.3. The molecule has 0 aliphatic heterocycles. The van der Waals surface area contributed by atoms with Gasteiger partial charge in [-0.1, -0.05) is 12.1 Å². The van der Waals surface area contributed by atoms with Gasteiger partial charge in [0.25, 0.3) is 5.91 Å². The van der Waals surface area contributed by atoms with Crippen LogP contribution in [0.2, 0.25) is 0 Å². The zero-order valence-corrected chi connectivity index (χ0v) is 14.1. The Morgan fingerprint density at radius 1 is 1.29 bits per heavy atom. The van der Waals surface area contributed by atoms with Crippen molar-refractivity contribution in [3.63, 3.8) is 0 Å². The molecular formula is C18H21N3O3. The third kappa shape index (κ3) is 3.32. The maximum absolute atomic E-state index is 12.5. The summed E-state index contributed by atoms with van der Waals surface area (Å²) in [6.07, 6.45) is 1.86. The van der Waals surface area contributed by atoms with Gasteiger partial charge in [0.15, 0.2) is 0 Å². The highest BCUT2D eigenvalue weighted by Crippen LogP contribution is 2.33. The predicted octanol–water partition coefficient (Wildman–Crippen LogP) is 2.59. The van der Waals surface area contributed by atoms with Gasteiger partial charge in [0, 0.05) is 13.0 Å². The van der Waals surface area contributed by atoms with E-state index in [9.17, 15) is 9.59 Å². The van der Waals surface area contributed by atoms with Crippen LogP contribution in [0.25, 0.3) is 0 Å². The lowest BCUT2D eigenvalue weighted by molar-refractivity contribution is -0.119. The lowest BCUT2D eigenvalue weighted by Crippen LogP contribution is -2.31. The number of carbonyl (C=O) groups is 2. The molecule has 0 spiro atoms. The highest BCUT2D eigenvalue weighted by atomic mass is 16.4. The molecule has 1 aromatic heterocycles. The first-order chi connectivity index (χ1) is 11.5.